The zero-order valence-electron chi connectivity index (χ0n) is 17.0. The Morgan fingerprint density at radius 1 is 1.00 bits per heavy atom. The largest absolute Gasteiger partial charge is 0.497 e. The minimum atomic E-state index is -0.280. The van der Waals surface area contributed by atoms with Crippen molar-refractivity contribution in [1.29, 1.82) is 0 Å². The van der Waals surface area contributed by atoms with E-state index in [0.717, 1.165) is 24.2 Å². The molecule has 28 heavy (non-hydrogen) atoms. The number of nitrogens with one attached hydrogen (secondary N) is 3. The van der Waals surface area contributed by atoms with Crippen LogP contribution in [0.5, 0.6) is 5.75 Å². The highest BCUT2D eigenvalue weighted by molar-refractivity contribution is 5.95. The van der Waals surface area contributed by atoms with Crippen molar-refractivity contribution in [2.75, 3.05) is 19.0 Å². The quantitative estimate of drug-likeness (QED) is 0.645. The Morgan fingerprint density at radius 3 is 2.21 bits per heavy atom. The number of ether oxygens (including phenoxy) is 1. The topological polar surface area (TPSA) is 79.5 Å². The minimum absolute atomic E-state index is 0.123. The van der Waals surface area contributed by atoms with Gasteiger partial charge in [0.05, 0.1) is 7.11 Å². The molecule has 2 aromatic carbocycles. The van der Waals surface area contributed by atoms with Crippen LogP contribution in [0.25, 0.3) is 0 Å². The van der Waals surface area contributed by atoms with Crippen LogP contribution in [0.4, 0.5) is 10.5 Å². The summed E-state index contributed by atoms with van der Waals surface area (Å²) in [5, 5.41) is 8.58. The van der Waals surface area contributed by atoms with Gasteiger partial charge in [-0.25, -0.2) is 4.79 Å². The van der Waals surface area contributed by atoms with Gasteiger partial charge < -0.3 is 20.7 Å². The molecule has 3 N–H and O–H groups in total. The van der Waals surface area contributed by atoms with Crippen LogP contribution < -0.4 is 20.7 Å². The summed E-state index contributed by atoms with van der Waals surface area (Å²) in [6.07, 6.45) is 1.57. The Bertz CT molecular complexity index is 784. The molecule has 0 heterocycles. The summed E-state index contributed by atoms with van der Waals surface area (Å²) < 4.78 is 5.13. The zero-order valence-corrected chi connectivity index (χ0v) is 17.0. The number of anilines is 1. The van der Waals surface area contributed by atoms with E-state index in [-0.39, 0.29) is 17.5 Å². The molecule has 0 saturated carbocycles. The van der Waals surface area contributed by atoms with Crippen molar-refractivity contribution in [1.82, 2.24) is 10.6 Å². The molecule has 0 spiro atoms. The average Bonchev–Trinajstić information content (AvgIpc) is 2.68. The van der Waals surface area contributed by atoms with Gasteiger partial charge in [-0.2, -0.15) is 0 Å². The van der Waals surface area contributed by atoms with Crippen LogP contribution in [0.2, 0.25) is 0 Å². The van der Waals surface area contributed by atoms with Crippen LogP contribution in [0, 0.1) is 0 Å². The fourth-order valence-corrected chi connectivity index (χ4v) is 2.46. The maximum absolute atomic E-state index is 12.3. The van der Waals surface area contributed by atoms with Crippen LogP contribution in [0.3, 0.4) is 0 Å². The predicted molar refractivity (Wildman–Crippen MR) is 112 cm³/mol. The molecule has 0 unspecified atom stereocenters. The van der Waals surface area contributed by atoms with Crippen LogP contribution in [0.1, 0.15) is 43.1 Å². The Balaban J connectivity index is 1.79. The van der Waals surface area contributed by atoms with Crippen LogP contribution in [-0.4, -0.2) is 31.1 Å². The molecule has 6 heteroatoms. The second-order valence-electron chi connectivity index (χ2n) is 7.25. The van der Waals surface area contributed by atoms with E-state index in [9.17, 15) is 9.59 Å². The SMILES string of the molecule is CCC(C)(C)NC(=O)c1ccc(NC(=O)NCCc2ccc(OC)cc2)cc1. The number of hydrogen-bond donors (Lipinski definition) is 3. The Hall–Kier alpha value is -3.02. The van der Waals surface area contributed by atoms with Gasteiger partial charge in [0, 0.05) is 23.3 Å². The Labute approximate surface area is 166 Å². The molecule has 6 nitrogen and oxygen atoms in total. The summed E-state index contributed by atoms with van der Waals surface area (Å²) in [4.78, 5) is 24.3. The van der Waals surface area contributed by atoms with Crippen LogP contribution in [-0.2, 0) is 6.42 Å². The van der Waals surface area contributed by atoms with Gasteiger partial charge in [0.2, 0.25) is 0 Å². The van der Waals surface area contributed by atoms with Gasteiger partial charge >= 0.3 is 6.03 Å². The van der Waals surface area contributed by atoms with Crippen LogP contribution >= 0.6 is 0 Å². The standard InChI is InChI=1S/C22H29N3O3/c1-5-22(2,3)25-20(26)17-8-10-18(11-9-17)24-21(27)23-15-14-16-6-12-19(28-4)13-7-16/h6-13H,5,14-15H2,1-4H3,(H,25,26)(H2,23,24,27). The van der Waals surface area contributed by atoms with E-state index >= 15 is 0 Å². The predicted octanol–water partition coefficient (Wildman–Crippen LogP) is 3.98. The van der Waals surface area contributed by atoms with Gasteiger partial charge in [-0.05, 0) is 68.7 Å². The number of carbonyl (C=O) groups excluding carboxylic acids is 2. The first-order valence-corrected chi connectivity index (χ1v) is 9.43. The number of carbonyl (C=O) groups is 2. The monoisotopic (exact) mass is 383 g/mol. The molecule has 0 radical (unpaired) electrons. The molecule has 0 aliphatic rings. The van der Waals surface area contributed by atoms with Crippen molar-refractivity contribution in [2.45, 2.75) is 39.2 Å². The molecular formula is C22H29N3O3. The van der Waals surface area contributed by atoms with E-state index in [0.29, 0.717) is 17.8 Å². The van der Waals surface area contributed by atoms with Crippen molar-refractivity contribution < 1.29 is 14.3 Å². The second-order valence-corrected chi connectivity index (χ2v) is 7.25. The molecule has 0 saturated heterocycles. The summed E-state index contributed by atoms with van der Waals surface area (Å²) >= 11 is 0. The third-order valence-corrected chi connectivity index (χ3v) is 4.60. The molecule has 0 aliphatic heterocycles. The van der Waals surface area contributed by atoms with Crippen molar-refractivity contribution in [3.63, 3.8) is 0 Å². The lowest BCUT2D eigenvalue weighted by Crippen LogP contribution is -2.42. The summed E-state index contributed by atoms with van der Waals surface area (Å²) in [6.45, 7) is 6.51. The molecule has 2 rings (SSSR count). The van der Waals surface area contributed by atoms with Gasteiger partial charge in [0.15, 0.2) is 0 Å². The highest BCUT2D eigenvalue weighted by Crippen LogP contribution is 2.13. The molecule has 0 fully saturated rings. The van der Waals surface area contributed by atoms with Crippen molar-refractivity contribution >= 4 is 17.6 Å². The molecule has 3 amide bonds. The van der Waals surface area contributed by atoms with Crippen molar-refractivity contribution in [2.24, 2.45) is 0 Å². The summed E-state index contributed by atoms with van der Waals surface area (Å²) in [6, 6.07) is 14.3. The lowest BCUT2D eigenvalue weighted by Gasteiger charge is -2.24. The van der Waals surface area contributed by atoms with E-state index in [4.69, 9.17) is 4.74 Å². The first kappa shape index (κ1) is 21.3. The third-order valence-electron chi connectivity index (χ3n) is 4.60. The first-order valence-electron chi connectivity index (χ1n) is 9.43. The van der Waals surface area contributed by atoms with E-state index in [2.05, 4.69) is 16.0 Å². The van der Waals surface area contributed by atoms with Crippen LogP contribution in [0.15, 0.2) is 48.5 Å². The van der Waals surface area contributed by atoms with Gasteiger partial charge in [-0.1, -0.05) is 19.1 Å². The van der Waals surface area contributed by atoms with Gasteiger partial charge in [0.25, 0.3) is 5.91 Å². The summed E-state index contributed by atoms with van der Waals surface area (Å²) in [5.41, 5.74) is 2.06. The van der Waals surface area contributed by atoms with E-state index < -0.39 is 0 Å². The maximum atomic E-state index is 12.3. The molecule has 0 aromatic heterocycles. The zero-order chi connectivity index (χ0) is 20.6. The van der Waals surface area contributed by atoms with E-state index in [1.165, 1.54) is 0 Å². The fraction of sp³-hybridized carbons (Fsp3) is 0.364. The highest BCUT2D eigenvalue weighted by atomic mass is 16.5. The van der Waals surface area contributed by atoms with Crippen molar-refractivity contribution in [3.8, 4) is 5.75 Å². The third kappa shape index (κ3) is 6.61. The fourth-order valence-electron chi connectivity index (χ4n) is 2.46. The normalized spacial score (nSPS) is 10.9. The lowest BCUT2D eigenvalue weighted by molar-refractivity contribution is 0.0911. The van der Waals surface area contributed by atoms with Gasteiger partial charge in [0.1, 0.15) is 5.75 Å². The second kappa shape index (κ2) is 9.78. The summed E-state index contributed by atoms with van der Waals surface area (Å²) in [5.74, 6) is 0.687. The first-order chi connectivity index (χ1) is 13.3. The Kier molecular flexibility index (Phi) is 7.44. The molecule has 150 valence electrons. The molecule has 2 aromatic rings. The summed E-state index contributed by atoms with van der Waals surface area (Å²) in [7, 11) is 1.63. The van der Waals surface area contributed by atoms with Crippen molar-refractivity contribution in [3.05, 3.63) is 59.7 Å². The molecule has 0 aliphatic carbocycles. The number of amides is 3. The maximum Gasteiger partial charge on any atom is 0.319 e. The smallest absolute Gasteiger partial charge is 0.319 e. The van der Waals surface area contributed by atoms with E-state index in [1.807, 2.05) is 45.0 Å². The molecule has 0 bridgehead atoms. The average molecular weight is 383 g/mol. The minimum Gasteiger partial charge on any atom is -0.497 e. The van der Waals surface area contributed by atoms with Gasteiger partial charge in [-0.15, -0.1) is 0 Å². The van der Waals surface area contributed by atoms with E-state index in [1.54, 1.807) is 31.4 Å². The number of methoxy groups -OCH3 is 1. The number of rotatable bonds is 8. The highest BCUT2D eigenvalue weighted by Gasteiger charge is 2.18. The number of benzene rings is 2. The number of urea groups is 1. The lowest BCUT2D eigenvalue weighted by atomic mass is 10.0. The number of hydrogen-bond acceptors (Lipinski definition) is 3. The molecular weight excluding hydrogens is 354 g/mol. The van der Waals surface area contributed by atoms with Gasteiger partial charge in [-0.3, -0.25) is 4.79 Å². The molecule has 0 atom stereocenters. The Morgan fingerprint density at radius 2 is 1.64 bits per heavy atom.